The molecule has 0 unspecified atom stereocenters. The highest BCUT2D eigenvalue weighted by Gasteiger charge is 2.13. The van der Waals surface area contributed by atoms with Gasteiger partial charge in [0.05, 0.1) is 10.6 Å². The van der Waals surface area contributed by atoms with Crippen molar-refractivity contribution in [2.75, 3.05) is 0 Å². The lowest BCUT2D eigenvalue weighted by Gasteiger charge is -2.09. The molecule has 4 rings (SSSR count). The van der Waals surface area contributed by atoms with Crippen LogP contribution >= 0.6 is 22.9 Å². The molecule has 1 aromatic carbocycles. The van der Waals surface area contributed by atoms with Crippen molar-refractivity contribution in [3.63, 3.8) is 0 Å². The number of nitrogens with zero attached hydrogens (tertiary/aromatic N) is 3. The molecule has 0 atom stereocenters. The third kappa shape index (κ3) is 4.56. The van der Waals surface area contributed by atoms with Crippen LogP contribution in [0.15, 0.2) is 61.1 Å². The van der Waals surface area contributed by atoms with E-state index in [-0.39, 0.29) is 5.91 Å². The molecule has 30 heavy (non-hydrogen) atoms. The first-order chi connectivity index (χ1) is 14.5. The summed E-state index contributed by atoms with van der Waals surface area (Å²) in [5.74, 6) is -0.202. The van der Waals surface area contributed by atoms with E-state index in [4.69, 9.17) is 11.6 Å². The fourth-order valence-electron chi connectivity index (χ4n) is 3.11. The molecule has 0 spiro atoms. The molecule has 5 nitrogen and oxygen atoms in total. The van der Waals surface area contributed by atoms with Gasteiger partial charge in [-0.25, -0.2) is 4.98 Å². The Morgan fingerprint density at radius 3 is 2.53 bits per heavy atom. The van der Waals surface area contributed by atoms with E-state index in [2.05, 4.69) is 20.3 Å². The van der Waals surface area contributed by atoms with Crippen LogP contribution in [0.5, 0.6) is 0 Å². The normalized spacial score (nSPS) is 10.8. The summed E-state index contributed by atoms with van der Waals surface area (Å²) in [5, 5.41) is 4.02. The van der Waals surface area contributed by atoms with Gasteiger partial charge in [-0.1, -0.05) is 29.8 Å². The zero-order chi connectivity index (χ0) is 21.1. The Bertz CT molecular complexity index is 1200. The molecule has 1 N–H and O–H groups in total. The van der Waals surface area contributed by atoms with Gasteiger partial charge in [0.15, 0.2) is 5.01 Å². The van der Waals surface area contributed by atoms with E-state index >= 15 is 0 Å². The Kier molecular flexibility index (Phi) is 5.88. The predicted octanol–water partition coefficient (Wildman–Crippen LogP) is 5.47. The topological polar surface area (TPSA) is 67.8 Å². The van der Waals surface area contributed by atoms with Gasteiger partial charge >= 0.3 is 0 Å². The number of aryl methyl sites for hydroxylation is 2. The highest BCUT2D eigenvalue weighted by atomic mass is 35.5. The van der Waals surface area contributed by atoms with E-state index in [1.165, 1.54) is 11.3 Å². The van der Waals surface area contributed by atoms with Crippen LogP contribution in [0.4, 0.5) is 0 Å². The summed E-state index contributed by atoms with van der Waals surface area (Å²) in [6.07, 6.45) is 5.28. The molecule has 0 bridgehead atoms. The maximum atomic E-state index is 12.5. The summed E-state index contributed by atoms with van der Waals surface area (Å²) in [6, 6.07) is 13.5. The number of aromatic nitrogens is 3. The molecule has 0 aliphatic carbocycles. The molecule has 0 saturated heterocycles. The number of benzene rings is 1. The summed E-state index contributed by atoms with van der Waals surface area (Å²) in [6.45, 7) is 4.36. The highest BCUT2D eigenvalue weighted by molar-refractivity contribution is 7.16. The van der Waals surface area contributed by atoms with Crippen LogP contribution in [0.2, 0.25) is 5.02 Å². The summed E-state index contributed by atoms with van der Waals surface area (Å²) in [4.78, 5) is 26.5. The van der Waals surface area contributed by atoms with Gasteiger partial charge in [-0.05, 0) is 54.8 Å². The van der Waals surface area contributed by atoms with Crippen LogP contribution in [0.1, 0.15) is 26.6 Å². The smallest absolute Gasteiger partial charge is 0.280 e. The number of carbonyl (C=O) groups is 1. The van der Waals surface area contributed by atoms with Gasteiger partial charge in [0.2, 0.25) is 0 Å². The fourth-order valence-corrected chi connectivity index (χ4v) is 4.07. The number of carbonyl (C=O) groups excluding carboxylic acids is 1. The van der Waals surface area contributed by atoms with Crippen LogP contribution in [0.3, 0.4) is 0 Å². The molecule has 3 aromatic heterocycles. The van der Waals surface area contributed by atoms with Crippen molar-refractivity contribution in [1.29, 1.82) is 0 Å². The molecule has 0 radical (unpaired) electrons. The van der Waals surface area contributed by atoms with Crippen LogP contribution < -0.4 is 5.32 Å². The molecule has 3 heterocycles. The lowest BCUT2D eigenvalue weighted by atomic mass is 10.1. The van der Waals surface area contributed by atoms with Crippen LogP contribution in [-0.2, 0) is 6.54 Å². The Morgan fingerprint density at radius 2 is 1.80 bits per heavy atom. The molecular weight excluding hydrogens is 416 g/mol. The number of hydrogen-bond acceptors (Lipinski definition) is 5. The zero-order valence-corrected chi connectivity index (χ0v) is 18.1. The molecule has 1 amide bonds. The lowest BCUT2D eigenvalue weighted by Crippen LogP contribution is -2.22. The third-order valence-electron chi connectivity index (χ3n) is 4.59. The highest BCUT2D eigenvalue weighted by Crippen LogP contribution is 2.27. The van der Waals surface area contributed by atoms with Gasteiger partial charge in [-0.2, -0.15) is 0 Å². The molecule has 0 aliphatic heterocycles. The molecular formula is C23H19ClN4OS. The molecule has 0 fully saturated rings. The molecule has 7 heteroatoms. The quantitative estimate of drug-likeness (QED) is 0.452. The Labute approximate surface area is 183 Å². The van der Waals surface area contributed by atoms with Crippen molar-refractivity contribution in [1.82, 2.24) is 20.3 Å². The minimum Gasteiger partial charge on any atom is -0.346 e. The second kappa shape index (κ2) is 8.73. The monoisotopic (exact) mass is 434 g/mol. The Hall–Kier alpha value is -3.09. The van der Waals surface area contributed by atoms with Gasteiger partial charge < -0.3 is 5.32 Å². The summed E-state index contributed by atoms with van der Waals surface area (Å²) >= 11 is 7.28. The SMILES string of the molecule is Cc1cc(-c2ncc(CNC(=O)c3ncc(-c4ccc(Cl)cc4)s3)cc2C)ccn1. The summed E-state index contributed by atoms with van der Waals surface area (Å²) in [5.41, 5.74) is 5.87. The molecule has 0 aliphatic rings. The van der Waals surface area contributed by atoms with Gasteiger partial charge in [0.25, 0.3) is 5.91 Å². The Morgan fingerprint density at radius 1 is 1.00 bits per heavy atom. The van der Waals surface area contributed by atoms with E-state index in [1.54, 1.807) is 18.6 Å². The largest absolute Gasteiger partial charge is 0.346 e. The molecule has 150 valence electrons. The maximum absolute atomic E-state index is 12.5. The van der Waals surface area contributed by atoms with Gasteiger partial charge in [0.1, 0.15) is 0 Å². The number of pyridine rings is 2. The Balaban J connectivity index is 1.43. The number of nitrogens with one attached hydrogen (secondary N) is 1. The minimum absolute atomic E-state index is 0.202. The van der Waals surface area contributed by atoms with E-state index in [1.807, 2.05) is 56.3 Å². The first-order valence-electron chi connectivity index (χ1n) is 9.38. The second-order valence-electron chi connectivity index (χ2n) is 6.91. The average molecular weight is 435 g/mol. The number of hydrogen-bond donors (Lipinski definition) is 1. The van der Waals surface area contributed by atoms with Crippen LogP contribution in [0.25, 0.3) is 21.7 Å². The predicted molar refractivity (Wildman–Crippen MR) is 121 cm³/mol. The fraction of sp³-hybridized carbons (Fsp3) is 0.130. The lowest BCUT2D eigenvalue weighted by molar-refractivity contribution is 0.0950. The van der Waals surface area contributed by atoms with Crippen molar-refractivity contribution >= 4 is 28.8 Å². The van der Waals surface area contributed by atoms with E-state index < -0.39 is 0 Å². The van der Waals surface area contributed by atoms with E-state index in [0.29, 0.717) is 16.6 Å². The van der Waals surface area contributed by atoms with Crippen molar-refractivity contribution in [3.05, 3.63) is 87.9 Å². The number of thiazole rings is 1. The van der Waals surface area contributed by atoms with Crippen LogP contribution in [-0.4, -0.2) is 20.9 Å². The summed E-state index contributed by atoms with van der Waals surface area (Å²) < 4.78 is 0. The second-order valence-corrected chi connectivity index (χ2v) is 8.38. The van der Waals surface area contributed by atoms with Crippen molar-refractivity contribution in [3.8, 4) is 21.7 Å². The average Bonchev–Trinajstić information content (AvgIpc) is 3.23. The van der Waals surface area contributed by atoms with E-state index in [9.17, 15) is 4.79 Å². The minimum atomic E-state index is -0.202. The van der Waals surface area contributed by atoms with Gasteiger partial charge in [-0.15, -0.1) is 11.3 Å². The maximum Gasteiger partial charge on any atom is 0.280 e. The number of rotatable bonds is 5. The van der Waals surface area contributed by atoms with Gasteiger partial charge in [0, 0.05) is 41.4 Å². The van der Waals surface area contributed by atoms with Crippen molar-refractivity contribution < 1.29 is 4.79 Å². The number of halogens is 1. The van der Waals surface area contributed by atoms with E-state index in [0.717, 1.165) is 38.5 Å². The zero-order valence-electron chi connectivity index (χ0n) is 16.5. The third-order valence-corrected chi connectivity index (χ3v) is 5.88. The molecule has 4 aromatic rings. The van der Waals surface area contributed by atoms with Crippen LogP contribution in [0, 0.1) is 13.8 Å². The van der Waals surface area contributed by atoms with Crippen molar-refractivity contribution in [2.45, 2.75) is 20.4 Å². The number of amides is 1. The molecule has 0 saturated carbocycles. The first kappa shape index (κ1) is 20.2. The standard InChI is InChI=1S/C23H19ClN4OS/c1-14-9-16(11-26-21(14)18-7-8-25-15(2)10-18)12-27-22(29)23-28-13-20(30-23)17-3-5-19(24)6-4-17/h3-11,13H,12H2,1-2H3,(H,27,29). The van der Waals surface area contributed by atoms with Crippen molar-refractivity contribution in [2.24, 2.45) is 0 Å². The first-order valence-corrected chi connectivity index (χ1v) is 10.6. The van der Waals surface area contributed by atoms with Gasteiger partial charge in [-0.3, -0.25) is 14.8 Å². The summed E-state index contributed by atoms with van der Waals surface area (Å²) in [7, 11) is 0.